The van der Waals surface area contributed by atoms with Crippen LogP contribution in [0.25, 0.3) is 6.08 Å². The number of hydrogen-bond donors (Lipinski definition) is 1. The molecule has 3 nitrogen and oxygen atoms in total. The van der Waals surface area contributed by atoms with Crippen molar-refractivity contribution in [1.82, 2.24) is 5.32 Å². The van der Waals surface area contributed by atoms with Gasteiger partial charge in [0, 0.05) is 0 Å². The van der Waals surface area contributed by atoms with E-state index in [1.807, 2.05) is 42.5 Å². The van der Waals surface area contributed by atoms with Crippen molar-refractivity contribution in [3.8, 4) is 0 Å². The third-order valence-corrected chi connectivity index (χ3v) is 4.88. The first kappa shape index (κ1) is 16.8. The topological polar surface area (TPSA) is 41.5 Å². The second kappa shape index (κ2) is 7.71. The summed E-state index contributed by atoms with van der Waals surface area (Å²) < 4.78 is 0. The maximum absolute atomic E-state index is 12.0. The number of amidine groups is 1. The first-order valence-corrected chi connectivity index (χ1v) is 8.66. The molecule has 1 saturated heterocycles. The predicted octanol–water partition coefficient (Wildman–Crippen LogP) is 5.44. The van der Waals surface area contributed by atoms with Crippen molar-refractivity contribution in [3.05, 3.63) is 81.2 Å². The summed E-state index contributed by atoms with van der Waals surface area (Å²) in [6.45, 7) is 0. The van der Waals surface area contributed by atoms with E-state index in [4.69, 9.17) is 23.2 Å². The molecule has 3 rings (SSSR count). The standard InChI is InChI=1S/C18H12Cl2N2OS/c19-13-9-5-10-14(16(13)20)21-18-22-17(23)15(24-18)11-4-8-12-6-2-1-3-7-12/h1-11H,(H,21,22,23)/b8-4+,15-11-. The summed E-state index contributed by atoms with van der Waals surface area (Å²) in [7, 11) is 0. The molecule has 120 valence electrons. The van der Waals surface area contributed by atoms with E-state index in [9.17, 15) is 4.79 Å². The van der Waals surface area contributed by atoms with E-state index in [1.165, 1.54) is 11.8 Å². The molecular weight excluding hydrogens is 363 g/mol. The Morgan fingerprint density at radius 3 is 2.62 bits per heavy atom. The second-order valence-corrected chi connectivity index (χ2v) is 6.66. The smallest absolute Gasteiger partial charge is 0.264 e. The molecule has 0 saturated carbocycles. The Morgan fingerprint density at radius 1 is 1.04 bits per heavy atom. The number of thioether (sulfide) groups is 1. The molecule has 0 aromatic heterocycles. The fourth-order valence-corrected chi connectivity index (χ4v) is 3.12. The number of aliphatic imine (C=N–C) groups is 1. The summed E-state index contributed by atoms with van der Waals surface area (Å²) >= 11 is 13.3. The van der Waals surface area contributed by atoms with Crippen molar-refractivity contribution in [1.29, 1.82) is 0 Å². The van der Waals surface area contributed by atoms with Crippen LogP contribution >= 0.6 is 35.0 Å². The van der Waals surface area contributed by atoms with Crippen LogP contribution in [0.3, 0.4) is 0 Å². The zero-order chi connectivity index (χ0) is 16.9. The molecule has 0 unspecified atom stereocenters. The Labute approximate surface area is 154 Å². The lowest BCUT2D eigenvalue weighted by Crippen LogP contribution is -2.19. The molecule has 1 aliphatic rings. The van der Waals surface area contributed by atoms with Crippen molar-refractivity contribution in [2.24, 2.45) is 4.99 Å². The van der Waals surface area contributed by atoms with Gasteiger partial charge in [0.25, 0.3) is 5.91 Å². The van der Waals surface area contributed by atoms with Crippen LogP contribution < -0.4 is 5.32 Å². The number of carbonyl (C=O) groups is 1. The van der Waals surface area contributed by atoms with Crippen LogP contribution in [0.5, 0.6) is 0 Å². The van der Waals surface area contributed by atoms with Crippen LogP contribution in [0.2, 0.25) is 10.0 Å². The van der Waals surface area contributed by atoms with E-state index in [0.717, 1.165) is 5.56 Å². The van der Waals surface area contributed by atoms with Gasteiger partial charge in [0.1, 0.15) is 0 Å². The average molecular weight is 375 g/mol. The van der Waals surface area contributed by atoms with Gasteiger partial charge in [-0.05, 0) is 35.5 Å². The Balaban J connectivity index is 1.76. The Bertz CT molecular complexity index is 861. The van der Waals surface area contributed by atoms with Crippen LogP contribution in [0.15, 0.2) is 70.6 Å². The lowest BCUT2D eigenvalue weighted by molar-refractivity contribution is -0.115. The average Bonchev–Trinajstić information content (AvgIpc) is 2.93. The highest BCUT2D eigenvalue weighted by Gasteiger charge is 2.23. The maximum atomic E-state index is 12.0. The van der Waals surface area contributed by atoms with Gasteiger partial charge in [-0.15, -0.1) is 0 Å². The summed E-state index contributed by atoms with van der Waals surface area (Å²) in [5.41, 5.74) is 1.59. The van der Waals surface area contributed by atoms with Crippen molar-refractivity contribution >= 4 is 57.8 Å². The highest BCUT2D eigenvalue weighted by Crippen LogP contribution is 2.34. The zero-order valence-corrected chi connectivity index (χ0v) is 14.7. The highest BCUT2D eigenvalue weighted by molar-refractivity contribution is 8.18. The SMILES string of the molecule is O=C1NC(=Nc2cccc(Cl)c2Cl)S/C1=C\C=C\c1ccccc1. The van der Waals surface area contributed by atoms with Crippen molar-refractivity contribution in [2.45, 2.75) is 0 Å². The summed E-state index contributed by atoms with van der Waals surface area (Å²) in [6.07, 6.45) is 5.53. The molecule has 6 heteroatoms. The molecule has 0 radical (unpaired) electrons. The number of carbonyl (C=O) groups excluding carboxylic acids is 1. The van der Waals surface area contributed by atoms with Crippen LogP contribution in [-0.2, 0) is 4.79 Å². The molecule has 1 aliphatic heterocycles. The minimum absolute atomic E-state index is 0.186. The molecule has 0 spiro atoms. The van der Waals surface area contributed by atoms with E-state index >= 15 is 0 Å². The molecular formula is C18H12Cl2N2OS. The van der Waals surface area contributed by atoms with Crippen molar-refractivity contribution < 1.29 is 4.79 Å². The van der Waals surface area contributed by atoms with Gasteiger partial charge in [-0.3, -0.25) is 4.79 Å². The quantitative estimate of drug-likeness (QED) is 0.726. The Hall–Kier alpha value is -2.01. The van der Waals surface area contributed by atoms with Crippen molar-refractivity contribution in [2.75, 3.05) is 0 Å². The molecule has 1 amide bonds. The second-order valence-electron chi connectivity index (χ2n) is 4.85. The molecule has 0 bridgehead atoms. The van der Waals surface area contributed by atoms with Gasteiger partial charge in [0.2, 0.25) is 0 Å². The van der Waals surface area contributed by atoms with Gasteiger partial charge >= 0.3 is 0 Å². The zero-order valence-electron chi connectivity index (χ0n) is 12.4. The van der Waals surface area contributed by atoms with E-state index in [2.05, 4.69) is 10.3 Å². The molecule has 0 aliphatic carbocycles. The molecule has 2 aromatic carbocycles. The number of amides is 1. The summed E-state index contributed by atoms with van der Waals surface area (Å²) in [5, 5.41) is 3.98. The Kier molecular flexibility index (Phi) is 5.41. The van der Waals surface area contributed by atoms with Gasteiger partial charge < -0.3 is 5.32 Å². The Morgan fingerprint density at radius 2 is 1.83 bits per heavy atom. The minimum atomic E-state index is -0.186. The third kappa shape index (κ3) is 4.09. The molecule has 1 heterocycles. The number of hydrogen-bond acceptors (Lipinski definition) is 3. The maximum Gasteiger partial charge on any atom is 0.264 e. The van der Waals surface area contributed by atoms with Crippen LogP contribution in [0.1, 0.15) is 5.56 Å². The van der Waals surface area contributed by atoms with E-state index in [0.29, 0.717) is 25.8 Å². The largest absolute Gasteiger partial charge is 0.300 e. The van der Waals surface area contributed by atoms with Gasteiger partial charge in [-0.2, -0.15) is 0 Å². The van der Waals surface area contributed by atoms with Gasteiger partial charge in [0.15, 0.2) is 5.17 Å². The molecule has 24 heavy (non-hydrogen) atoms. The highest BCUT2D eigenvalue weighted by atomic mass is 35.5. The van der Waals surface area contributed by atoms with Gasteiger partial charge in [-0.25, -0.2) is 4.99 Å². The minimum Gasteiger partial charge on any atom is -0.300 e. The monoisotopic (exact) mass is 374 g/mol. The summed E-state index contributed by atoms with van der Waals surface area (Å²) in [5.74, 6) is -0.186. The van der Waals surface area contributed by atoms with Crippen LogP contribution in [0, 0.1) is 0 Å². The lowest BCUT2D eigenvalue weighted by Gasteiger charge is -2.00. The lowest BCUT2D eigenvalue weighted by atomic mass is 10.2. The van der Waals surface area contributed by atoms with Crippen LogP contribution in [0.4, 0.5) is 5.69 Å². The number of nitrogens with zero attached hydrogens (tertiary/aromatic N) is 1. The fraction of sp³-hybridized carbons (Fsp3) is 0. The molecule has 2 aromatic rings. The molecule has 1 N–H and O–H groups in total. The van der Waals surface area contributed by atoms with Crippen molar-refractivity contribution in [3.63, 3.8) is 0 Å². The number of rotatable bonds is 3. The number of nitrogens with one attached hydrogen (secondary N) is 1. The first-order valence-electron chi connectivity index (χ1n) is 7.09. The number of benzene rings is 2. The van der Waals surface area contributed by atoms with E-state index in [1.54, 1.807) is 24.3 Å². The predicted molar refractivity (Wildman–Crippen MR) is 103 cm³/mol. The molecule has 1 fully saturated rings. The van der Waals surface area contributed by atoms with E-state index < -0.39 is 0 Å². The number of allylic oxidation sites excluding steroid dienone is 2. The molecule has 0 atom stereocenters. The van der Waals surface area contributed by atoms with E-state index in [-0.39, 0.29) is 5.91 Å². The summed E-state index contributed by atoms with van der Waals surface area (Å²) in [4.78, 5) is 16.9. The normalized spacial score (nSPS) is 17.8. The third-order valence-electron chi connectivity index (χ3n) is 3.14. The van der Waals surface area contributed by atoms with Crippen LogP contribution in [-0.4, -0.2) is 11.1 Å². The number of halogens is 2. The summed E-state index contributed by atoms with van der Waals surface area (Å²) in [6, 6.07) is 15.1. The van der Waals surface area contributed by atoms with Gasteiger partial charge in [-0.1, -0.05) is 71.8 Å². The first-order chi connectivity index (χ1) is 11.6. The fourth-order valence-electron chi connectivity index (χ4n) is 1.99. The van der Waals surface area contributed by atoms with Gasteiger partial charge in [0.05, 0.1) is 20.6 Å².